The van der Waals surface area contributed by atoms with Crippen molar-refractivity contribution in [3.05, 3.63) is 58.9 Å². The average molecular weight is 247 g/mol. The number of rotatable bonds is 3. The number of hydrogen-bond donors (Lipinski definition) is 1. The van der Waals surface area contributed by atoms with E-state index in [1.807, 2.05) is 18.2 Å². The molecule has 1 aromatic carbocycles. The van der Waals surface area contributed by atoms with Crippen LogP contribution in [-0.4, -0.2) is 10.8 Å². The third kappa shape index (κ3) is 2.63. The molecular formula is C13H11ClN2O. The van der Waals surface area contributed by atoms with Gasteiger partial charge in [0, 0.05) is 17.6 Å². The number of benzene rings is 1. The molecule has 2 N–H and O–H groups in total. The van der Waals surface area contributed by atoms with E-state index < -0.39 is 0 Å². The number of pyridine rings is 1. The molecule has 0 atom stereocenters. The monoisotopic (exact) mass is 246 g/mol. The van der Waals surface area contributed by atoms with E-state index >= 15 is 0 Å². The fourth-order valence-corrected chi connectivity index (χ4v) is 1.75. The molecule has 0 saturated carbocycles. The molecule has 0 saturated heterocycles. The fourth-order valence-electron chi connectivity index (χ4n) is 1.55. The second kappa shape index (κ2) is 4.97. The molecule has 86 valence electrons. The van der Waals surface area contributed by atoms with Crippen molar-refractivity contribution in [2.24, 2.45) is 0 Å². The van der Waals surface area contributed by atoms with E-state index in [0.717, 1.165) is 5.56 Å². The third-order valence-corrected chi connectivity index (χ3v) is 2.78. The van der Waals surface area contributed by atoms with Crippen molar-refractivity contribution in [1.82, 2.24) is 4.98 Å². The molecule has 0 spiro atoms. The first-order valence-electron chi connectivity index (χ1n) is 5.15. The molecule has 0 aliphatic heterocycles. The van der Waals surface area contributed by atoms with Crippen LogP contribution in [-0.2, 0) is 6.42 Å². The maximum atomic E-state index is 12.0. The van der Waals surface area contributed by atoms with Crippen LogP contribution in [0.3, 0.4) is 0 Å². The minimum atomic E-state index is -0.129. The van der Waals surface area contributed by atoms with E-state index in [2.05, 4.69) is 4.98 Å². The van der Waals surface area contributed by atoms with Crippen molar-refractivity contribution in [3.63, 3.8) is 0 Å². The average Bonchev–Trinajstić information content (AvgIpc) is 2.32. The fraction of sp³-hybridized carbons (Fsp3) is 0.0769. The van der Waals surface area contributed by atoms with Crippen molar-refractivity contribution >= 4 is 23.1 Å². The summed E-state index contributed by atoms with van der Waals surface area (Å²) >= 11 is 5.99. The van der Waals surface area contributed by atoms with Gasteiger partial charge in [0.15, 0.2) is 5.78 Å². The molecule has 0 radical (unpaired) electrons. The van der Waals surface area contributed by atoms with Gasteiger partial charge in [-0.3, -0.25) is 9.78 Å². The van der Waals surface area contributed by atoms with E-state index in [1.165, 1.54) is 0 Å². The lowest BCUT2D eigenvalue weighted by Gasteiger charge is -2.04. The molecule has 1 aromatic heterocycles. The van der Waals surface area contributed by atoms with Crippen LogP contribution in [0.5, 0.6) is 0 Å². The van der Waals surface area contributed by atoms with Crippen LogP contribution in [0.25, 0.3) is 0 Å². The Labute approximate surface area is 104 Å². The van der Waals surface area contributed by atoms with Crippen LogP contribution < -0.4 is 5.73 Å². The number of nitrogens with zero attached hydrogens (tertiary/aromatic N) is 1. The van der Waals surface area contributed by atoms with E-state index in [9.17, 15) is 4.79 Å². The predicted octanol–water partition coefficient (Wildman–Crippen LogP) is 2.74. The van der Waals surface area contributed by atoms with Crippen molar-refractivity contribution in [2.45, 2.75) is 6.42 Å². The van der Waals surface area contributed by atoms with Crippen molar-refractivity contribution in [2.75, 3.05) is 5.73 Å². The van der Waals surface area contributed by atoms with E-state index in [4.69, 9.17) is 17.3 Å². The molecular weight excluding hydrogens is 236 g/mol. The molecule has 0 aliphatic carbocycles. The second-order valence-electron chi connectivity index (χ2n) is 3.63. The molecule has 1 heterocycles. The smallest absolute Gasteiger partial charge is 0.187 e. The molecule has 2 aromatic rings. The zero-order chi connectivity index (χ0) is 12.3. The standard InChI is InChI=1S/C13H11ClN2O/c14-10-5-2-1-4-9(10)8-12(17)13-11(15)6-3-7-16-13/h1-7H,8,15H2. The molecule has 2 rings (SSSR count). The van der Waals surface area contributed by atoms with Gasteiger partial charge < -0.3 is 5.73 Å². The number of halogens is 1. The summed E-state index contributed by atoms with van der Waals surface area (Å²) in [4.78, 5) is 16.0. The summed E-state index contributed by atoms with van der Waals surface area (Å²) in [5.41, 5.74) is 7.17. The van der Waals surface area contributed by atoms with Crippen molar-refractivity contribution in [1.29, 1.82) is 0 Å². The zero-order valence-electron chi connectivity index (χ0n) is 9.06. The first kappa shape index (κ1) is 11.6. The highest BCUT2D eigenvalue weighted by atomic mass is 35.5. The van der Waals surface area contributed by atoms with Gasteiger partial charge in [-0.1, -0.05) is 29.8 Å². The Morgan fingerprint density at radius 3 is 2.71 bits per heavy atom. The number of aromatic nitrogens is 1. The minimum absolute atomic E-state index is 0.129. The van der Waals surface area contributed by atoms with Crippen LogP contribution in [0.1, 0.15) is 16.1 Å². The molecule has 3 nitrogen and oxygen atoms in total. The van der Waals surface area contributed by atoms with Gasteiger partial charge in [0.1, 0.15) is 5.69 Å². The van der Waals surface area contributed by atoms with Crippen molar-refractivity contribution < 1.29 is 4.79 Å². The lowest BCUT2D eigenvalue weighted by Crippen LogP contribution is -2.09. The van der Waals surface area contributed by atoms with Crippen LogP contribution in [0.4, 0.5) is 5.69 Å². The van der Waals surface area contributed by atoms with Crippen LogP contribution in [0.15, 0.2) is 42.6 Å². The summed E-state index contributed by atoms with van der Waals surface area (Å²) < 4.78 is 0. The Hall–Kier alpha value is -1.87. The number of carbonyl (C=O) groups is 1. The quantitative estimate of drug-likeness (QED) is 0.848. The largest absolute Gasteiger partial charge is 0.397 e. The Bertz CT molecular complexity index is 555. The Kier molecular flexibility index (Phi) is 3.40. The molecule has 17 heavy (non-hydrogen) atoms. The van der Waals surface area contributed by atoms with E-state index in [0.29, 0.717) is 16.4 Å². The van der Waals surface area contributed by atoms with Crippen LogP contribution in [0, 0.1) is 0 Å². The summed E-state index contributed by atoms with van der Waals surface area (Å²) in [5.74, 6) is -0.129. The molecule has 0 amide bonds. The summed E-state index contributed by atoms with van der Waals surface area (Å²) in [6, 6.07) is 10.6. The van der Waals surface area contributed by atoms with E-state index in [1.54, 1.807) is 24.4 Å². The highest BCUT2D eigenvalue weighted by Gasteiger charge is 2.12. The normalized spacial score (nSPS) is 10.2. The Morgan fingerprint density at radius 2 is 2.00 bits per heavy atom. The highest BCUT2D eigenvalue weighted by molar-refractivity contribution is 6.31. The maximum Gasteiger partial charge on any atom is 0.187 e. The topological polar surface area (TPSA) is 56.0 Å². The second-order valence-corrected chi connectivity index (χ2v) is 4.04. The number of Topliss-reactive ketones (excluding diaryl/α,β-unsaturated/α-hetero) is 1. The van der Waals surface area contributed by atoms with Gasteiger partial charge in [-0.25, -0.2) is 0 Å². The number of carbonyl (C=O) groups excluding carboxylic acids is 1. The SMILES string of the molecule is Nc1cccnc1C(=O)Cc1ccccc1Cl. The number of nitrogen functional groups attached to an aromatic ring is 1. The third-order valence-electron chi connectivity index (χ3n) is 2.41. The summed E-state index contributed by atoms with van der Waals surface area (Å²) in [7, 11) is 0. The predicted molar refractivity (Wildman–Crippen MR) is 68.1 cm³/mol. The number of anilines is 1. The Balaban J connectivity index is 2.24. The van der Waals surface area contributed by atoms with Gasteiger partial charge in [-0.05, 0) is 23.8 Å². The zero-order valence-corrected chi connectivity index (χ0v) is 9.82. The van der Waals surface area contributed by atoms with E-state index in [-0.39, 0.29) is 12.2 Å². The van der Waals surface area contributed by atoms with Crippen LogP contribution >= 0.6 is 11.6 Å². The molecule has 4 heteroatoms. The first-order valence-corrected chi connectivity index (χ1v) is 5.53. The number of hydrogen-bond acceptors (Lipinski definition) is 3. The van der Waals surface area contributed by atoms with Crippen LogP contribution in [0.2, 0.25) is 5.02 Å². The minimum Gasteiger partial charge on any atom is -0.397 e. The molecule has 0 bridgehead atoms. The molecule has 0 aliphatic rings. The molecule has 0 fully saturated rings. The number of ketones is 1. The lowest BCUT2D eigenvalue weighted by atomic mass is 10.1. The van der Waals surface area contributed by atoms with Gasteiger partial charge in [0.2, 0.25) is 0 Å². The van der Waals surface area contributed by atoms with Gasteiger partial charge in [0.05, 0.1) is 5.69 Å². The van der Waals surface area contributed by atoms with Gasteiger partial charge >= 0.3 is 0 Å². The van der Waals surface area contributed by atoms with Gasteiger partial charge in [-0.2, -0.15) is 0 Å². The highest BCUT2D eigenvalue weighted by Crippen LogP contribution is 2.18. The molecule has 0 unspecified atom stereocenters. The van der Waals surface area contributed by atoms with Crippen molar-refractivity contribution in [3.8, 4) is 0 Å². The van der Waals surface area contributed by atoms with Gasteiger partial charge in [0.25, 0.3) is 0 Å². The summed E-state index contributed by atoms with van der Waals surface area (Å²) in [6.07, 6.45) is 1.76. The first-order chi connectivity index (χ1) is 8.18. The Morgan fingerprint density at radius 1 is 1.24 bits per heavy atom. The summed E-state index contributed by atoms with van der Waals surface area (Å²) in [5, 5.41) is 0.579. The number of nitrogens with two attached hydrogens (primary N) is 1. The lowest BCUT2D eigenvalue weighted by molar-refractivity contribution is 0.0989. The maximum absolute atomic E-state index is 12.0. The summed E-state index contributed by atoms with van der Waals surface area (Å²) in [6.45, 7) is 0. The van der Waals surface area contributed by atoms with Gasteiger partial charge in [-0.15, -0.1) is 0 Å².